The average molecular weight is 708 g/mol. The second-order valence-corrected chi connectivity index (χ2v) is 13.5. The number of nitrogens with one attached hydrogen (secondary N) is 2. The molecule has 52 heavy (non-hydrogen) atoms. The fraction of sp³-hybridized carbons (Fsp3) is 0.350. The van der Waals surface area contributed by atoms with Gasteiger partial charge in [-0.1, -0.05) is 36.9 Å². The fourth-order valence-electron chi connectivity index (χ4n) is 7.11. The molecule has 0 spiro atoms. The van der Waals surface area contributed by atoms with Crippen LogP contribution in [0.3, 0.4) is 0 Å². The molecule has 2 aliphatic rings. The van der Waals surface area contributed by atoms with Gasteiger partial charge in [0.05, 0.1) is 18.6 Å². The highest BCUT2D eigenvalue weighted by Gasteiger charge is 2.44. The van der Waals surface area contributed by atoms with Crippen LogP contribution in [-0.4, -0.2) is 96.2 Å². The van der Waals surface area contributed by atoms with Gasteiger partial charge >= 0.3 is 0 Å². The molecular weight excluding hydrogens is 661 g/mol. The first-order valence-corrected chi connectivity index (χ1v) is 17.7. The number of nitrogens with two attached hydrogens (primary N) is 1. The summed E-state index contributed by atoms with van der Waals surface area (Å²) in [5.74, 6) is 0.431. The summed E-state index contributed by atoms with van der Waals surface area (Å²) < 4.78 is 19.7. The molecule has 12 heteroatoms. The van der Waals surface area contributed by atoms with Gasteiger partial charge in [0.15, 0.2) is 17.4 Å². The van der Waals surface area contributed by atoms with Crippen LogP contribution in [0.1, 0.15) is 41.9 Å². The van der Waals surface area contributed by atoms with Crippen molar-refractivity contribution in [3.8, 4) is 17.1 Å². The Balaban J connectivity index is 1.04. The summed E-state index contributed by atoms with van der Waals surface area (Å²) in [6.45, 7) is 6.71. The number of carbonyl (C=O) groups excluding carboxylic acids is 2. The Labute approximate surface area is 303 Å². The molecule has 0 radical (unpaired) electrons. The number of amides is 2. The number of likely N-dealkylation sites (tertiary alicyclic amines) is 2. The third-order valence-corrected chi connectivity index (χ3v) is 10.2. The van der Waals surface area contributed by atoms with Gasteiger partial charge in [-0.05, 0) is 84.8 Å². The maximum Gasteiger partial charge on any atom is 0.236 e. The van der Waals surface area contributed by atoms with Gasteiger partial charge in [-0.25, -0.2) is 14.4 Å². The third kappa shape index (κ3) is 8.14. The summed E-state index contributed by atoms with van der Waals surface area (Å²) in [5, 5.41) is 15.3. The van der Waals surface area contributed by atoms with Gasteiger partial charge in [0.2, 0.25) is 11.8 Å². The number of nitrogens with zero attached hydrogens (tertiary/aromatic N) is 4. The molecule has 0 bridgehead atoms. The predicted molar refractivity (Wildman–Crippen MR) is 200 cm³/mol. The summed E-state index contributed by atoms with van der Waals surface area (Å²) in [4.78, 5) is 39.9. The molecule has 2 saturated heterocycles. The average Bonchev–Trinajstić information content (AvgIpc) is 3.62. The number of ether oxygens (including phenoxy) is 1. The van der Waals surface area contributed by atoms with E-state index in [1.165, 1.54) is 11.6 Å². The number of anilines is 2. The highest BCUT2D eigenvalue weighted by atomic mass is 19.1. The van der Waals surface area contributed by atoms with Gasteiger partial charge in [-0.2, -0.15) is 0 Å². The van der Waals surface area contributed by atoms with Crippen LogP contribution in [0.4, 0.5) is 15.8 Å². The Morgan fingerprint density at radius 1 is 1.06 bits per heavy atom. The maximum atomic E-state index is 14.3. The minimum Gasteiger partial charge on any atom is -0.488 e. The predicted octanol–water partition coefficient (Wildman–Crippen LogP) is 4.75. The van der Waals surface area contributed by atoms with Crippen molar-refractivity contribution >= 4 is 28.8 Å². The summed E-state index contributed by atoms with van der Waals surface area (Å²) >= 11 is 0. The van der Waals surface area contributed by atoms with E-state index in [0.717, 1.165) is 24.1 Å². The zero-order chi connectivity index (χ0) is 36.7. The molecule has 11 nitrogen and oxygen atoms in total. The number of hydrogen-bond acceptors (Lipinski definition) is 9. The zero-order valence-electron chi connectivity index (χ0n) is 29.5. The summed E-state index contributed by atoms with van der Waals surface area (Å²) in [6, 6.07) is 20.1. The van der Waals surface area contributed by atoms with E-state index < -0.39 is 11.2 Å². The lowest BCUT2D eigenvalue weighted by Gasteiger charge is -2.33. The normalized spacial score (nSPS) is 17.9. The molecule has 0 aliphatic carbocycles. The van der Waals surface area contributed by atoms with Gasteiger partial charge in [0.25, 0.3) is 0 Å². The van der Waals surface area contributed by atoms with Crippen LogP contribution in [-0.2, 0) is 9.59 Å². The van der Waals surface area contributed by atoms with Gasteiger partial charge in [-0.15, -0.1) is 0 Å². The number of halogens is 1. The van der Waals surface area contributed by atoms with Crippen molar-refractivity contribution in [2.75, 3.05) is 70.2 Å². The van der Waals surface area contributed by atoms with E-state index in [1.54, 1.807) is 43.7 Å². The molecule has 3 heterocycles. The van der Waals surface area contributed by atoms with Crippen molar-refractivity contribution < 1.29 is 23.8 Å². The lowest BCUT2D eigenvalue weighted by Crippen LogP contribution is -2.47. The van der Waals surface area contributed by atoms with Crippen LogP contribution in [0.2, 0.25) is 0 Å². The van der Waals surface area contributed by atoms with E-state index >= 15 is 0 Å². The zero-order valence-corrected chi connectivity index (χ0v) is 29.5. The molecule has 6 rings (SSSR count). The van der Waals surface area contributed by atoms with Crippen molar-refractivity contribution in [2.45, 2.75) is 25.2 Å². The first kappa shape index (κ1) is 36.6. The first-order chi connectivity index (χ1) is 25.2. The van der Waals surface area contributed by atoms with Crippen LogP contribution in [0.25, 0.3) is 17.0 Å². The molecule has 2 fully saturated rings. The highest BCUT2D eigenvalue weighted by Crippen LogP contribution is 2.36. The molecule has 272 valence electrons. The quantitative estimate of drug-likeness (QED) is 0.155. The summed E-state index contributed by atoms with van der Waals surface area (Å²) in [5.41, 5.74) is 10.9. The van der Waals surface area contributed by atoms with Gasteiger partial charge < -0.3 is 31.1 Å². The maximum absolute atomic E-state index is 14.3. The molecule has 3 aromatic carbocycles. The second-order valence-electron chi connectivity index (χ2n) is 13.5. The van der Waals surface area contributed by atoms with E-state index in [0.29, 0.717) is 66.7 Å². The van der Waals surface area contributed by atoms with Crippen LogP contribution in [0.15, 0.2) is 85.7 Å². The molecule has 4 aromatic rings. The molecule has 1 atom stereocenters. The molecule has 0 saturated carbocycles. The number of aliphatic hydroxyl groups excluding tert-OH is 1. The van der Waals surface area contributed by atoms with Crippen LogP contribution >= 0.6 is 0 Å². The lowest BCUT2D eigenvalue weighted by molar-refractivity contribution is -0.134. The highest BCUT2D eigenvalue weighted by molar-refractivity contribution is 5.97. The largest absolute Gasteiger partial charge is 0.488 e. The number of hydrogen-bond donors (Lipinski definition) is 4. The molecule has 0 unspecified atom stereocenters. The Kier molecular flexibility index (Phi) is 11.6. The van der Waals surface area contributed by atoms with E-state index in [9.17, 15) is 14.0 Å². The van der Waals surface area contributed by atoms with E-state index in [-0.39, 0.29) is 43.9 Å². The first-order valence-electron chi connectivity index (χ1n) is 17.7. The molecule has 2 amide bonds. The number of aromatic nitrogens is 2. The topological polar surface area (TPSA) is 146 Å². The van der Waals surface area contributed by atoms with Crippen LogP contribution in [0, 0.1) is 11.2 Å². The Bertz CT molecular complexity index is 1880. The van der Waals surface area contributed by atoms with Crippen molar-refractivity contribution in [3.05, 3.63) is 108 Å². The summed E-state index contributed by atoms with van der Waals surface area (Å²) in [6.07, 6.45) is 5.80. The summed E-state index contributed by atoms with van der Waals surface area (Å²) in [7, 11) is 1.78. The van der Waals surface area contributed by atoms with Gasteiger partial charge in [0, 0.05) is 68.1 Å². The molecule has 1 aromatic heterocycles. The second kappa shape index (κ2) is 16.4. The van der Waals surface area contributed by atoms with Gasteiger partial charge in [-0.3, -0.25) is 14.5 Å². The minimum atomic E-state index is -0.848. The van der Waals surface area contributed by atoms with Crippen molar-refractivity contribution in [3.63, 3.8) is 0 Å². The van der Waals surface area contributed by atoms with Crippen LogP contribution < -0.4 is 21.1 Å². The monoisotopic (exact) mass is 707 g/mol. The fourth-order valence-corrected chi connectivity index (χ4v) is 7.11. The number of benzene rings is 3. The van der Waals surface area contributed by atoms with E-state index in [2.05, 4.69) is 51.4 Å². The SMILES string of the molecule is C=C(c1ccc(F)c(OCCO)c1)c1cc(NC(=O)[C@]2(CN)CCN(CC(=O)N3CCC(c4ccc(-c5ncccn5)cc4)CC3)C2)ccc1NC. The molecule has 2 aliphatic heterocycles. The number of piperidine rings is 1. The smallest absolute Gasteiger partial charge is 0.236 e. The van der Waals surface area contributed by atoms with Crippen molar-refractivity contribution in [2.24, 2.45) is 11.1 Å². The standard InChI is InChI=1S/C40H46FN7O4/c1-27(31-8-10-34(41)36(22-31)52-21-20-49)33-23-32(9-11-35(33)43-2)46-39(51)40(25-42)14-19-47(26-40)24-37(50)48-17-12-29(13-18-48)28-4-6-30(7-5-28)38-44-15-3-16-45-38/h3-11,15-16,22-23,29,43,49H,1,12-14,17-21,24-26,42H2,2H3,(H,46,51)/t40-/m0/s1. The molecular formula is C40H46FN7O4. The Morgan fingerprint density at radius 3 is 2.50 bits per heavy atom. The van der Waals surface area contributed by atoms with Crippen LogP contribution in [0.5, 0.6) is 5.75 Å². The van der Waals surface area contributed by atoms with Crippen molar-refractivity contribution in [1.29, 1.82) is 0 Å². The Hall–Kier alpha value is -5.17. The number of carbonyl (C=O) groups is 2. The van der Waals surface area contributed by atoms with Crippen molar-refractivity contribution in [1.82, 2.24) is 19.8 Å². The Morgan fingerprint density at radius 2 is 1.81 bits per heavy atom. The minimum absolute atomic E-state index is 0.0167. The lowest BCUT2D eigenvalue weighted by atomic mass is 9.86. The molecule has 5 N–H and O–H groups in total. The van der Waals surface area contributed by atoms with E-state index in [1.807, 2.05) is 21.9 Å². The van der Waals surface area contributed by atoms with Gasteiger partial charge in [0.1, 0.15) is 6.61 Å². The number of aliphatic hydroxyl groups is 1. The van der Waals surface area contributed by atoms with E-state index in [4.69, 9.17) is 15.6 Å². The number of rotatable bonds is 13. The third-order valence-electron chi connectivity index (χ3n) is 10.2.